The molecule has 1 amide bonds. The topological polar surface area (TPSA) is 56.2 Å². The molecule has 33 heavy (non-hydrogen) atoms. The molecule has 0 unspecified atom stereocenters. The molecule has 4 rings (SSSR count). The molecule has 0 atom stereocenters. The molecular weight excluding hydrogens is 457 g/mol. The van der Waals surface area contributed by atoms with Gasteiger partial charge in [-0.05, 0) is 49.2 Å². The predicted molar refractivity (Wildman–Crippen MR) is 133 cm³/mol. The standard InChI is InChI=1S/C26H25Cl2N3O2/c27-20-10-2-1-9-19(20)26(32)29-16-15-25-30-22-12-4-5-13-23(22)31(25)17-7-8-18-33-24-14-6-3-11-21(24)28/h1-6,9-14H,7-8,15-18H2,(H,29,32). The SMILES string of the molecule is O=C(NCCc1nc2ccccc2n1CCCCOc1ccccc1Cl)c1ccccc1Cl. The molecule has 0 saturated carbocycles. The number of hydrogen-bond donors (Lipinski definition) is 1. The highest BCUT2D eigenvalue weighted by molar-refractivity contribution is 6.33. The molecule has 1 aromatic heterocycles. The van der Waals surface area contributed by atoms with Crippen LogP contribution in [-0.2, 0) is 13.0 Å². The summed E-state index contributed by atoms with van der Waals surface area (Å²) >= 11 is 12.3. The van der Waals surface area contributed by atoms with Crippen molar-refractivity contribution in [3.8, 4) is 5.75 Å². The molecule has 7 heteroatoms. The Morgan fingerprint density at radius 1 is 0.909 bits per heavy atom. The third-order valence-corrected chi connectivity index (χ3v) is 6.00. The smallest absolute Gasteiger partial charge is 0.252 e. The van der Waals surface area contributed by atoms with Crippen molar-refractivity contribution in [1.29, 1.82) is 0 Å². The van der Waals surface area contributed by atoms with Gasteiger partial charge in [-0.3, -0.25) is 4.79 Å². The fourth-order valence-electron chi connectivity index (χ4n) is 3.71. The van der Waals surface area contributed by atoms with Crippen LogP contribution in [0.15, 0.2) is 72.8 Å². The second kappa shape index (κ2) is 11.2. The number of carbonyl (C=O) groups excluding carboxylic acids is 1. The molecule has 3 aromatic carbocycles. The Morgan fingerprint density at radius 3 is 2.45 bits per heavy atom. The molecule has 1 heterocycles. The molecule has 0 aliphatic rings. The van der Waals surface area contributed by atoms with Crippen molar-refractivity contribution in [2.75, 3.05) is 13.2 Å². The fraction of sp³-hybridized carbons (Fsp3) is 0.231. The molecule has 5 nitrogen and oxygen atoms in total. The number of imidazole rings is 1. The number of carbonyl (C=O) groups is 1. The number of nitrogens with one attached hydrogen (secondary N) is 1. The van der Waals surface area contributed by atoms with E-state index in [0.717, 1.165) is 36.2 Å². The van der Waals surface area contributed by atoms with E-state index in [1.54, 1.807) is 24.3 Å². The summed E-state index contributed by atoms with van der Waals surface area (Å²) in [6, 6.07) is 22.6. The minimum Gasteiger partial charge on any atom is -0.492 e. The fourth-order valence-corrected chi connectivity index (χ4v) is 4.12. The van der Waals surface area contributed by atoms with Gasteiger partial charge in [0.15, 0.2) is 0 Å². The highest BCUT2D eigenvalue weighted by Crippen LogP contribution is 2.23. The van der Waals surface area contributed by atoms with Crippen LogP contribution < -0.4 is 10.1 Å². The zero-order valence-corrected chi connectivity index (χ0v) is 19.6. The Bertz CT molecular complexity index is 1240. The molecule has 4 aromatic rings. The molecule has 0 bridgehead atoms. The van der Waals surface area contributed by atoms with Gasteiger partial charge in [-0.1, -0.05) is 59.6 Å². The zero-order chi connectivity index (χ0) is 23.0. The largest absolute Gasteiger partial charge is 0.492 e. The van der Waals surface area contributed by atoms with E-state index in [0.29, 0.717) is 40.9 Å². The van der Waals surface area contributed by atoms with E-state index in [9.17, 15) is 4.79 Å². The predicted octanol–water partition coefficient (Wildman–Crippen LogP) is 6.17. The number of unbranched alkanes of at least 4 members (excludes halogenated alkanes) is 1. The summed E-state index contributed by atoms with van der Waals surface area (Å²) in [5.74, 6) is 1.48. The van der Waals surface area contributed by atoms with Crippen LogP contribution in [-0.4, -0.2) is 28.6 Å². The zero-order valence-electron chi connectivity index (χ0n) is 18.1. The number of halogens is 2. The van der Waals surface area contributed by atoms with Gasteiger partial charge in [-0.25, -0.2) is 4.98 Å². The number of aromatic nitrogens is 2. The number of rotatable bonds is 10. The molecule has 1 N–H and O–H groups in total. The van der Waals surface area contributed by atoms with Crippen molar-refractivity contribution >= 4 is 40.1 Å². The van der Waals surface area contributed by atoms with Crippen molar-refractivity contribution in [1.82, 2.24) is 14.9 Å². The van der Waals surface area contributed by atoms with Crippen LogP contribution in [0.25, 0.3) is 11.0 Å². The van der Waals surface area contributed by atoms with Crippen molar-refractivity contribution in [3.63, 3.8) is 0 Å². The van der Waals surface area contributed by atoms with Gasteiger partial charge in [0.05, 0.1) is 33.2 Å². The van der Waals surface area contributed by atoms with Crippen LogP contribution in [0.4, 0.5) is 0 Å². The summed E-state index contributed by atoms with van der Waals surface area (Å²) in [6.45, 7) is 1.89. The maximum Gasteiger partial charge on any atom is 0.252 e. The van der Waals surface area contributed by atoms with E-state index < -0.39 is 0 Å². The lowest BCUT2D eigenvalue weighted by Crippen LogP contribution is -2.26. The summed E-state index contributed by atoms with van der Waals surface area (Å²) < 4.78 is 8.03. The van der Waals surface area contributed by atoms with E-state index in [1.807, 2.05) is 42.5 Å². The Labute approximate surface area is 203 Å². The molecule has 0 saturated heterocycles. The third kappa shape index (κ3) is 5.86. The first-order valence-electron chi connectivity index (χ1n) is 11.0. The number of aryl methyl sites for hydroxylation is 1. The van der Waals surface area contributed by atoms with Crippen LogP contribution in [0.1, 0.15) is 29.0 Å². The lowest BCUT2D eigenvalue weighted by molar-refractivity contribution is 0.0954. The highest BCUT2D eigenvalue weighted by atomic mass is 35.5. The molecular formula is C26H25Cl2N3O2. The Morgan fingerprint density at radius 2 is 1.64 bits per heavy atom. The normalized spacial score (nSPS) is 11.0. The molecule has 0 aliphatic carbocycles. The minimum absolute atomic E-state index is 0.181. The van der Waals surface area contributed by atoms with Crippen LogP contribution >= 0.6 is 23.2 Å². The van der Waals surface area contributed by atoms with Crippen LogP contribution in [0.3, 0.4) is 0 Å². The van der Waals surface area contributed by atoms with Crippen LogP contribution in [0.2, 0.25) is 10.0 Å². The van der Waals surface area contributed by atoms with Crippen molar-refractivity contribution in [3.05, 3.63) is 94.2 Å². The van der Waals surface area contributed by atoms with Crippen molar-refractivity contribution in [2.24, 2.45) is 0 Å². The molecule has 0 aliphatic heterocycles. The summed E-state index contributed by atoms with van der Waals surface area (Å²) in [4.78, 5) is 17.2. The lowest BCUT2D eigenvalue weighted by Gasteiger charge is -2.11. The first-order chi connectivity index (χ1) is 16.1. The van der Waals surface area contributed by atoms with E-state index in [-0.39, 0.29) is 5.91 Å². The van der Waals surface area contributed by atoms with Gasteiger partial charge in [0.2, 0.25) is 0 Å². The van der Waals surface area contributed by atoms with Crippen molar-refractivity contribution in [2.45, 2.75) is 25.8 Å². The number of para-hydroxylation sites is 3. The Balaban J connectivity index is 1.35. The second-order valence-corrected chi connectivity index (χ2v) is 8.45. The average Bonchev–Trinajstić information content (AvgIpc) is 3.17. The lowest BCUT2D eigenvalue weighted by atomic mass is 10.2. The first-order valence-corrected chi connectivity index (χ1v) is 11.7. The van der Waals surface area contributed by atoms with E-state index in [4.69, 9.17) is 32.9 Å². The highest BCUT2D eigenvalue weighted by Gasteiger charge is 2.12. The summed E-state index contributed by atoms with van der Waals surface area (Å²) in [5, 5.41) is 4.02. The van der Waals surface area contributed by atoms with Gasteiger partial charge >= 0.3 is 0 Å². The minimum atomic E-state index is -0.181. The Kier molecular flexibility index (Phi) is 7.87. The summed E-state index contributed by atoms with van der Waals surface area (Å²) in [5.41, 5.74) is 2.53. The van der Waals surface area contributed by atoms with Gasteiger partial charge in [0.25, 0.3) is 5.91 Å². The maximum absolute atomic E-state index is 12.5. The molecule has 0 radical (unpaired) electrons. The van der Waals surface area contributed by atoms with Crippen molar-refractivity contribution < 1.29 is 9.53 Å². The number of fused-ring (bicyclic) bond motifs is 1. The second-order valence-electron chi connectivity index (χ2n) is 7.64. The molecule has 170 valence electrons. The third-order valence-electron chi connectivity index (χ3n) is 5.36. The monoisotopic (exact) mass is 481 g/mol. The first kappa shape index (κ1) is 23.1. The summed E-state index contributed by atoms with van der Waals surface area (Å²) in [7, 11) is 0. The molecule has 0 spiro atoms. The number of ether oxygens (including phenoxy) is 1. The van der Waals surface area contributed by atoms with Gasteiger partial charge in [0, 0.05) is 19.5 Å². The quantitative estimate of drug-likeness (QED) is 0.275. The molecule has 0 fully saturated rings. The van der Waals surface area contributed by atoms with Crippen LogP contribution in [0, 0.1) is 0 Å². The number of hydrogen-bond acceptors (Lipinski definition) is 3. The van der Waals surface area contributed by atoms with E-state index in [2.05, 4.69) is 16.0 Å². The van der Waals surface area contributed by atoms with Gasteiger partial charge < -0.3 is 14.6 Å². The number of amides is 1. The Hall–Kier alpha value is -3.02. The van der Waals surface area contributed by atoms with Crippen LogP contribution in [0.5, 0.6) is 5.75 Å². The average molecular weight is 482 g/mol. The number of nitrogens with zero attached hydrogens (tertiary/aromatic N) is 2. The maximum atomic E-state index is 12.5. The van der Waals surface area contributed by atoms with E-state index >= 15 is 0 Å². The summed E-state index contributed by atoms with van der Waals surface area (Å²) in [6.07, 6.45) is 2.45. The van der Waals surface area contributed by atoms with Gasteiger partial charge in [0.1, 0.15) is 11.6 Å². The van der Waals surface area contributed by atoms with Gasteiger partial charge in [-0.2, -0.15) is 0 Å². The van der Waals surface area contributed by atoms with E-state index in [1.165, 1.54) is 0 Å². The van der Waals surface area contributed by atoms with Gasteiger partial charge in [-0.15, -0.1) is 0 Å². The number of benzene rings is 3.